The van der Waals surface area contributed by atoms with Crippen LogP contribution in [0.15, 0.2) is 12.2 Å². The second-order valence-corrected chi connectivity index (χ2v) is 3.78. The molecule has 0 aromatic carbocycles. The Morgan fingerprint density at radius 2 is 2.17 bits per heavy atom. The summed E-state index contributed by atoms with van der Waals surface area (Å²) in [6.07, 6.45) is 5.09. The van der Waals surface area contributed by atoms with Gasteiger partial charge in [-0.2, -0.15) is 0 Å². The highest BCUT2D eigenvalue weighted by Crippen LogP contribution is 2.20. The quantitative estimate of drug-likeness (QED) is 0.544. The summed E-state index contributed by atoms with van der Waals surface area (Å²) in [5, 5.41) is 0. The number of hydrogen-bond donors (Lipinski definition) is 0. The van der Waals surface area contributed by atoms with Crippen LogP contribution in [0.2, 0.25) is 0 Å². The molecular weight excluding hydrogens is 150 g/mol. The first-order valence-corrected chi connectivity index (χ1v) is 4.53. The van der Waals surface area contributed by atoms with Crippen LogP contribution in [0.25, 0.3) is 0 Å². The van der Waals surface area contributed by atoms with Crippen molar-refractivity contribution < 1.29 is 4.79 Å². The number of carbonyl (C=O) groups is 1. The molecule has 1 unspecified atom stereocenters. The Bertz CT molecular complexity index is 196. The summed E-state index contributed by atoms with van der Waals surface area (Å²) in [5.41, 5.74) is 0. The van der Waals surface area contributed by atoms with Gasteiger partial charge < -0.3 is 4.90 Å². The Hall–Kier alpha value is -0.790. The maximum absolute atomic E-state index is 11.7. The minimum absolute atomic E-state index is 0.189. The molecule has 0 aromatic heterocycles. The first-order valence-electron chi connectivity index (χ1n) is 4.53. The zero-order chi connectivity index (χ0) is 9.14. The Balaban J connectivity index is 2.72. The summed E-state index contributed by atoms with van der Waals surface area (Å²) in [4.78, 5) is 13.5. The highest BCUT2D eigenvalue weighted by molar-refractivity contribution is 5.79. The summed E-state index contributed by atoms with van der Waals surface area (Å²) in [6, 6.07) is 0. The molecule has 2 heteroatoms. The number of hydrogen-bond acceptors (Lipinski definition) is 1. The van der Waals surface area contributed by atoms with Crippen LogP contribution >= 0.6 is 0 Å². The monoisotopic (exact) mass is 167 g/mol. The van der Waals surface area contributed by atoms with Crippen LogP contribution in [-0.4, -0.2) is 24.4 Å². The molecule has 1 amide bonds. The van der Waals surface area contributed by atoms with Crippen molar-refractivity contribution in [2.24, 2.45) is 11.8 Å². The zero-order valence-corrected chi connectivity index (χ0v) is 8.08. The van der Waals surface area contributed by atoms with Crippen LogP contribution in [0, 0.1) is 11.8 Å². The van der Waals surface area contributed by atoms with Crippen molar-refractivity contribution in [1.82, 2.24) is 4.90 Å². The van der Waals surface area contributed by atoms with Crippen molar-refractivity contribution in [3.63, 3.8) is 0 Å². The second-order valence-electron chi connectivity index (χ2n) is 3.78. The van der Waals surface area contributed by atoms with E-state index in [1.54, 1.807) is 4.90 Å². The van der Waals surface area contributed by atoms with E-state index >= 15 is 0 Å². The molecule has 0 saturated carbocycles. The fraction of sp³-hybridized carbons (Fsp3) is 0.700. The van der Waals surface area contributed by atoms with Crippen LogP contribution in [0.5, 0.6) is 0 Å². The predicted molar refractivity (Wildman–Crippen MR) is 49.7 cm³/mol. The second kappa shape index (κ2) is 3.74. The third-order valence-corrected chi connectivity index (χ3v) is 2.43. The third kappa shape index (κ3) is 1.87. The van der Waals surface area contributed by atoms with Gasteiger partial charge in [0.25, 0.3) is 0 Å². The summed E-state index contributed by atoms with van der Waals surface area (Å²) in [6.45, 7) is 4.98. The Kier molecular flexibility index (Phi) is 2.90. The smallest absolute Gasteiger partial charge is 0.226 e. The average Bonchev–Trinajstić information content (AvgIpc) is 2.15. The van der Waals surface area contributed by atoms with Crippen molar-refractivity contribution in [3.05, 3.63) is 12.2 Å². The number of carbonyl (C=O) groups excluding carboxylic acids is 1. The number of amides is 1. The lowest BCUT2D eigenvalue weighted by Gasteiger charge is -2.22. The van der Waals surface area contributed by atoms with Crippen molar-refractivity contribution in [3.8, 4) is 0 Å². The van der Waals surface area contributed by atoms with Crippen molar-refractivity contribution in [2.75, 3.05) is 13.6 Å². The Labute approximate surface area is 74.2 Å². The van der Waals surface area contributed by atoms with Gasteiger partial charge in [0, 0.05) is 19.5 Å². The highest BCUT2D eigenvalue weighted by Gasteiger charge is 2.24. The van der Waals surface area contributed by atoms with Crippen LogP contribution in [0.4, 0.5) is 0 Å². The molecule has 0 saturated heterocycles. The zero-order valence-electron chi connectivity index (χ0n) is 8.08. The highest BCUT2D eigenvalue weighted by atomic mass is 16.2. The van der Waals surface area contributed by atoms with Gasteiger partial charge in [-0.3, -0.25) is 4.79 Å². The molecule has 1 heterocycles. The predicted octanol–water partition coefficient (Wildman–Crippen LogP) is 1.68. The van der Waals surface area contributed by atoms with Gasteiger partial charge in [-0.1, -0.05) is 26.0 Å². The lowest BCUT2D eigenvalue weighted by molar-refractivity contribution is -0.134. The largest absolute Gasteiger partial charge is 0.342 e. The molecule has 1 aliphatic rings. The van der Waals surface area contributed by atoms with E-state index in [0.29, 0.717) is 5.92 Å². The molecule has 0 N–H and O–H groups in total. The van der Waals surface area contributed by atoms with Gasteiger partial charge in [-0.25, -0.2) is 0 Å². The fourth-order valence-electron chi connectivity index (χ4n) is 1.51. The molecule has 0 fully saturated rings. The summed E-state index contributed by atoms with van der Waals surface area (Å²) in [7, 11) is 1.87. The van der Waals surface area contributed by atoms with Crippen LogP contribution in [-0.2, 0) is 4.79 Å². The molecule has 0 bridgehead atoms. The van der Waals surface area contributed by atoms with Gasteiger partial charge in [-0.05, 0) is 12.3 Å². The molecule has 0 aliphatic carbocycles. The lowest BCUT2D eigenvalue weighted by Crippen LogP contribution is -2.33. The molecule has 68 valence electrons. The maximum atomic E-state index is 11.7. The molecule has 12 heavy (non-hydrogen) atoms. The lowest BCUT2D eigenvalue weighted by atomic mass is 9.92. The molecule has 0 radical (unpaired) electrons. The number of nitrogens with zero attached hydrogens (tertiary/aromatic N) is 1. The van der Waals surface area contributed by atoms with Gasteiger partial charge in [0.05, 0.1) is 0 Å². The molecule has 0 spiro atoms. The first kappa shape index (κ1) is 9.30. The van der Waals surface area contributed by atoms with Gasteiger partial charge >= 0.3 is 0 Å². The van der Waals surface area contributed by atoms with Crippen molar-refractivity contribution >= 4 is 5.91 Å². The molecule has 1 aliphatic heterocycles. The van der Waals surface area contributed by atoms with E-state index in [0.717, 1.165) is 13.0 Å². The van der Waals surface area contributed by atoms with E-state index in [2.05, 4.69) is 26.0 Å². The van der Waals surface area contributed by atoms with E-state index in [4.69, 9.17) is 0 Å². The molecule has 1 rings (SSSR count). The number of rotatable bonds is 1. The normalized spacial score (nSPS) is 24.8. The summed E-state index contributed by atoms with van der Waals surface area (Å²) < 4.78 is 0. The molecule has 2 nitrogen and oxygen atoms in total. The number of likely N-dealkylation sites (N-methyl/N-ethyl adjacent to an activating group) is 1. The molecule has 1 atom stereocenters. The Morgan fingerprint density at radius 3 is 2.75 bits per heavy atom. The molecular formula is C10H17NO. The van der Waals surface area contributed by atoms with E-state index in [-0.39, 0.29) is 11.8 Å². The summed E-state index contributed by atoms with van der Waals surface area (Å²) in [5.74, 6) is 0.923. The van der Waals surface area contributed by atoms with E-state index in [9.17, 15) is 4.79 Å². The average molecular weight is 167 g/mol. The van der Waals surface area contributed by atoms with Gasteiger partial charge in [-0.15, -0.1) is 0 Å². The van der Waals surface area contributed by atoms with Crippen LogP contribution in [0.1, 0.15) is 20.3 Å². The van der Waals surface area contributed by atoms with Crippen molar-refractivity contribution in [2.45, 2.75) is 20.3 Å². The first-order chi connectivity index (χ1) is 5.63. The van der Waals surface area contributed by atoms with Gasteiger partial charge in [0.2, 0.25) is 5.91 Å². The van der Waals surface area contributed by atoms with E-state index in [1.807, 2.05) is 7.05 Å². The minimum Gasteiger partial charge on any atom is -0.342 e. The SMILES string of the molecule is CC(C)C1CC=CCN(C)C1=O. The van der Waals surface area contributed by atoms with Gasteiger partial charge in [0.15, 0.2) is 0 Å². The standard InChI is InChI=1S/C10H17NO/c1-8(2)9-6-4-5-7-11(3)10(9)12/h4-5,8-9H,6-7H2,1-3H3. The topological polar surface area (TPSA) is 20.3 Å². The van der Waals surface area contributed by atoms with Gasteiger partial charge in [0.1, 0.15) is 0 Å². The number of allylic oxidation sites excluding steroid dienone is 1. The summed E-state index contributed by atoms with van der Waals surface area (Å²) >= 11 is 0. The van der Waals surface area contributed by atoms with E-state index in [1.165, 1.54) is 0 Å². The minimum atomic E-state index is 0.189. The maximum Gasteiger partial charge on any atom is 0.226 e. The fourth-order valence-corrected chi connectivity index (χ4v) is 1.51. The molecule has 0 aromatic rings. The van der Waals surface area contributed by atoms with Crippen LogP contribution < -0.4 is 0 Å². The Morgan fingerprint density at radius 1 is 1.50 bits per heavy atom. The van der Waals surface area contributed by atoms with Crippen LogP contribution in [0.3, 0.4) is 0 Å². The third-order valence-electron chi connectivity index (χ3n) is 2.43. The van der Waals surface area contributed by atoms with E-state index < -0.39 is 0 Å². The van der Waals surface area contributed by atoms with Crippen molar-refractivity contribution in [1.29, 1.82) is 0 Å².